The summed E-state index contributed by atoms with van der Waals surface area (Å²) in [4.78, 5) is 29.7. The largest absolute Gasteiger partial charge is 0.497 e. The summed E-state index contributed by atoms with van der Waals surface area (Å²) >= 11 is 6.13. The number of methoxy groups -OCH3 is 2. The first-order chi connectivity index (χ1) is 20.6. The molecule has 0 radical (unpaired) electrons. The van der Waals surface area contributed by atoms with Crippen LogP contribution in [-0.2, 0) is 32.6 Å². The zero-order chi connectivity index (χ0) is 31.0. The molecule has 1 N–H and O–H groups in total. The Morgan fingerprint density at radius 2 is 1.63 bits per heavy atom. The average molecular weight is 628 g/mol. The van der Waals surface area contributed by atoms with Crippen LogP contribution in [-0.4, -0.2) is 64.2 Å². The molecule has 0 saturated heterocycles. The number of carbonyl (C=O) groups excluding carboxylic acids is 2. The van der Waals surface area contributed by atoms with E-state index in [9.17, 15) is 18.0 Å². The molecule has 4 rings (SSSR count). The first-order valence-electron chi connectivity index (χ1n) is 14.2. The van der Waals surface area contributed by atoms with Gasteiger partial charge in [-0.05, 0) is 48.2 Å². The van der Waals surface area contributed by atoms with Gasteiger partial charge in [0.1, 0.15) is 24.1 Å². The number of anilines is 1. The first kappa shape index (κ1) is 32.2. The van der Waals surface area contributed by atoms with Crippen molar-refractivity contribution in [3.63, 3.8) is 0 Å². The number of hydrogen-bond donors (Lipinski definition) is 1. The Morgan fingerprint density at radius 1 is 0.953 bits per heavy atom. The SMILES string of the molecule is COc1ccc(OC)c(N(CC(=O)N(Cc2ccc(Cl)cc2)[C@H](Cc2ccccc2)C(=O)NC2CCCC2)S(C)(=O)=O)c1. The molecule has 230 valence electrons. The molecule has 1 atom stereocenters. The summed E-state index contributed by atoms with van der Waals surface area (Å²) in [5.74, 6) is -0.174. The van der Waals surface area contributed by atoms with Crippen LogP contribution in [0.25, 0.3) is 0 Å². The lowest BCUT2D eigenvalue weighted by Gasteiger charge is -2.34. The molecule has 0 heterocycles. The van der Waals surface area contributed by atoms with Crippen molar-refractivity contribution in [1.82, 2.24) is 10.2 Å². The highest BCUT2D eigenvalue weighted by atomic mass is 35.5. The summed E-state index contributed by atoms with van der Waals surface area (Å²) in [6, 6.07) is 20.3. The van der Waals surface area contributed by atoms with Crippen LogP contribution in [0.1, 0.15) is 36.8 Å². The van der Waals surface area contributed by atoms with Gasteiger partial charge in [0.05, 0.1) is 26.2 Å². The fraction of sp³-hybridized carbons (Fsp3) is 0.375. The average Bonchev–Trinajstić information content (AvgIpc) is 3.51. The number of rotatable bonds is 13. The normalized spacial score (nSPS) is 14.1. The third-order valence-corrected chi connectivity index (χ3v) is 8.95. The van der Waals surface area contributed by atoms with Crippen molar-refractivity contribution in [1.29, 1.82) is 0 Å². The Labute approximate surface area is 258 Å². The van der Waals surface area contributed by atoms with Crippen LogP contribution >= 0.6 is 11.6 Å². The third kappa shape index (κ3) is 8.64. The summed E-state index contributed by atoms with van der Waals surface area (Å²) in [7, 11) is -1.09. The first-order valence-corrected chi connectivity index (χ1v) is 16.4. The van der Waals surface area contributed by atoms with Crippen LogP contribution in [0.4, 0.5) is 5.69 Å². The van der Waals surface area contributed by atoms with Gasteiger partial charge in [0, 0.05) is 30.1 Å². The lowest BCUT2D eigenvalue weighted by atomic mass is 10.0. The second-order valence-electron chi connectivity index (χ2n) is 10.7. The molecular weight excluding hydrogens is 590 g/mol. The van der Waals surface area contributed by atoms with Crippen molar-refractivity contribution in [3.8, 4) is 11.5 Å². The second kappa shape index (κ2) is 14.6. The van der Waals surface area contributed by atoms with Crippen LogP contribution in [0.2, 0.25) is 5.02 Å². The highest BCUT2D eigenvalue weighted by Crippen LogP contribution is 2.34. The van der Waals surface area contributed by atoms with Crippen molar-refractivity contribution >= 4 is 39.1 Å². The van der Waals surface area contributed by atoms with Gasteiger partial charge in [0.15, 0.2) is 0 Å². The Bertz CT molecular complexity index is 1500. The molecule has 2 amide bonds. The van der Waals surface area contributed by atoms with Crippen LogP contribution in [0.15, 0.2) is 72.8 Å². The maximum absolute atomic E-state index is 14.3. The topological polar surface area (TPSA) is 105 Å². The molecule has 43 heavy (non-hydrogen) atoms. The van der Waals surface area contributed by atoms with E-state index in [2.05, 4.69) is 5.32 Å². The van der Waals surface area contributed by atoms with E-state index < -0.39 is 28.5 Å². The summed E-state index contributed by atoms with van der Waals surface area (Å²) in [5.41, 5.74) is 1.77. The number of benzene rings is 3. The predicted molar refractivity (Wildman–Crippen MR) is 168 cm³/mol. The number of ether oxygens (including phenoxy) is 2. The molecule has 1 saturated carbocycles. The molecule has 1 aliphatic carbocycles. The zero-order valence-electron chi connectivity index (χ0n) is 24.7. The predicted octanol–water partition coefficient (Wildman–Crippen LogP) is 4.82. The van der Waals surface area contributed by atoms with Crippen molar-refractivity contribution < 1.29 is 27.5 Å². The van der Waals surface area contributed by atoms with E-state index in [0.29, 0.717) is 10.8 Å². The minimum atomic E-state index is -3.97. The standard InChI is InChI=1S/C32H38ClN3O6S/c1-41-27-17-18-30(42-2)28(20-27)36(43(3,39)40)22-31(37)35(21-24-13-15-25(33)16-14-24)29(19-23-9-5-4-6-10-23)32(38)34-26-11-7-8-12-26/h4-6,9-10,13-18,20,26,29H,7-8,11-12,19,21-22H2,1-3H3,(H,34,38)/t29-/m1/s1. The molecule has 1 aliphatic rings. The van der Waals surface area contributed by atoms with E-state index in [0.717, 1.165) is 47.4 Å². The van der Waals surface area contributed by atoms with E-state index in [1.54, 1.807) is 36.4 Å². The quantitative estimate of drug-likeness (QED) is 0.291. The minimum absolute atomic E-state index is 0.0341. The fourth-order valence-corrected chi connectivity index (χ4v) is 6.27. The van der Waals surface area contributed by atoms with E-state index in [1.807, 2.05) is 30.3 Å². The maximum atomic E-state index is 14.3. The Balaban J connectivity index is 1.76. The molecule has 0 spiro atoms. The van der Waals surface area contributed by atoms with Crippen molar-refractivity contribution in [2.75, 3.05) is 31.3 Å². The molecule has 1 fully saturated rings. The Hall–Kier alpha value is -3.76. The lowest BCUT2D eigenvalue weighted by Crippen LogP contribution is -2.54. The number of sulfonamides is 1. The number of hydrogen-bond acceptors (Lipinski definition) is 6. The second-order valence-corrected chi connectivity index (χ2v) is 13.0. The third-order valence-electron chi connectivity index (χ3n) is 7.57. The zero-order valence-corrected chi connectivity index (χ0v) is 26.2. The molecule has 0 unspecified atom stereocenters. The van der Waals surface area contributed by atoms with Gasteiger partial charge in [-0.1, -0.05) is 66.9 Å². The van der Waals surface area contributed by atoms with Crippen LogP contribution in [0.5, 0.6) is 11.5 Å². The molecule has 9 nitrogen and oxygen atoms in total. The van der Waals surface area contributed by atoms with Gasteiger partial charge in [-0.2, -0.15) is 0 Å². The number of carbonyl (C=O) groups is 2. The molecular formula is C32H38ClN3O6S. The Morgan fingerprint density at radius 3 is 2.23 bits per heavy atom. The van der Waals surface area contributed by atoms with Gasteiger partial charge in [0.25, 0.3) is 0 Å². The van der Waals surface area contributed by atoms with E-state index in [4.69, 9.17) is 21.1 Å². The van der Waals surface area contributed by atoms with Gasteiger partial charge < -0.3 is 19.7 Å². The van der Waals surface area contributed by atoms with Gasteiger partial charge in [-0.3, -0.25) is 13.9 Å². The number of amides is 2. The Kier molecular flexibility index (Phi) is 10.9. The summed E-state index contributed by atoms with van der Waals surface area (Å²) in [6.07, 6.45) is 5.11. The molecule has 0 aromatic heterocycles. The summed E-state index contributed by atoms with van der Waals surface area (Å²) < 4.78 is 38.0. The van der Waals surface area contributed by atoms with Crippen LogP contribution in [0, 0.1) is 0 Å². The number of halogens is 1. The van der Waals surface area contributed by atoms with Gasteiger partial charge in [-0.15, -0.1) is 0 Å². The monoisotopic (exact) mass is 627 g/mol. The van der Waals surface area contributed by atoms with Crippen molar-refractivity contribution in [2.45, 2.75) is 50.7 Å². The highest BCUT2D eigenvalue weighted by Gasteiger charge is 2.35. The van der Waals surface area contributed by atoms with Crippen LogP contribution < -0.4 is 19.1 Å². The number of nitrogens with zero attached hydrogens (tertiary/aromatic N) is 2. The number of nitrogens with one attached hydrogen (secondary N) is 1. The molecule has 3 aromatic carbocycles. The van der Waals surface area contributed by atoms with Crippen molar-refractivity contribution in [2.24, 2.45) is 0 Å². The van der Waals surface area contributed by atoms with Gasteiger partial charge in [-0.25, -0.2) is 8.42 Å². The highest BCUT2D eigenvalue weighted by molar-refractivity contribution is 7.92. The smallest absolute Gasteiger partial charge is 0.244 e. The summed E-state index contributed by atoms with van der Waals surface area (Å²) in [5, 5.41) is 3.69. The minimum Gasteiger partial charge on any atom is -0.497 e. The van der Waals surface area contributed by atoms with E-state index in [1.165, 1.54) is 25.2 Å². The van der Waals surface area contributed by atoms with Crippen molar-refractivity contribution in [3.05, 3.63) is 88.9 Å². The molecule has 3 aromatic rings. The van der Waals surface area contributed by atoms with Crippen LogP contribution in [0.3, 0.4) is 0 Å². The van der Waals surface area contributed by atoms with Gasteiger partial charge in [0.2, 0.25) is 21.8 Å². The van der Waals surface area contributed by atoms with Gasteiger partial charge >= 0.3 is 0 Å². The summed E-state index contributed by atoms with van der Waals surface area (Å²) in [6.45, 7) is -0.490. The molecule has 0 bridgehead atoms. The van der Waals surface area contributed by atoms with E-state index in [-0.39, 0.29) is 36.4 Å². The molecule has 0 aliphatic heterocycles. The fourth-order valence-electron chi connectivity index (χ4n) is 5.29. The maximum Gasteiger partial charge on any atom is 0.244 e. The van der Waals surface area contributed by atoms with E-state index >= 15 is 0 Å². The lowest BCUT2D eigenvalue weighted by molar-refractivity contribution is -0.140. The molecule has 11 heteroatoms.